The van der Waals surface area contributed by atoms with E-state index in [1.807, 2.05) is 6.92 Å². The van der Waals surface area contributed by atoms with E-state index in [1.54, 1.807) is 6.07 Å². The minimum absolute atomic E-state index is 0.160. The molecule has 0 radical (unpaired) electrons. The molecule has 0 aliphatic carbocycles. The quantitative estimate of drug-likeness (QED) is 0.369. The Morgan fingerprint density at radius 2 is 2.00 bits per heavy atom. The lowest BCUT2D eigenvalue weighted by molar-refractivity contribution is 0.600. The Kier molecular flexibility index (Phi) is 5.29. The van der Waals surface area contributed by atoms with Crippen LogP contribution in [0.3, 0.4) is 0 Å². The Hall–Kier alpha value is -1.41. The highest BCUT2D eigenvalue weighted by atomic mass is 32.2. The molecule has 0 fully saturated rings. The van der Waals surface area contributed by atoms with Crippen molar-refractivity contribution in [3.05, 3.63) is 11.9 Å². The van der Waals surface area contributed by atoms with Crippen LogP contribution in [0.4, 0.5) is 11.6 Å². The van der Waals surface area contributed by atoms with Gasteiger partial charge in [-0.3, -0.25) is 0 Å². The molecule has 0 amide bonds. The zero-order valence-corrected chi connectivity index (χ0v) is 11.4. The van der Waals surface area contributed by atoms with Crippen LogP contribution in [-0.2, 0) is 16.3 Å². The van der Waals surface area contributed by atoms with Crippen LogP contribution in [-0.4, -0.2) is 36.9 Å². The Labute approximate surface area is 107 Å². The SMILES string of the molecule is CCc1nc(NN)cc(NCCCS(C)(=O)=O)n1. The van der Waals surface area contributed by atoms with Gasteiger partial charge in [-0.1, -0.05) is 6.92 Å². The largest absolute Gasteiger partial charge is 0.370 e. The van der Waals surface area contributed by atoms with E-state index in [4.69, 9.17) is 5.84 Å². The number of nitrogen functional groups attached to an aromatic ring is 1. The number of nitrogens with one attached hydrogen (secondary N) is 2. The number of hydrazine groups is 1. The molecule has 1 aromatic heterocycles. The summed E-state index contributed by atoms with van der Waals surface area (Å²) < 4.78 is 21.9. The lowest BCUT2D eigenvalue weighted by atomic mass is 10.4. The van der Waals surface area contributed by atoms with E-state index in [1.165, 1.54) is 6.26 Å². The number of anilines is 2. The second-order valence-electron chi connectivity index (χ2n) is 3.96. The minimum atomic E-state index is -2.91. The summed E-state index contributed by atoms with van der Waals surface area (Å²) in [6, 6.07) is 1.68. The molecule has 0 bridgehead atoms. The molecule has 1 rings (SSSR count). The standard InChI is InChI=1S/C10H19N5O2S/c1-3-8-13-9(7-10(14-8)15-11)12-5-4-6-18(2,16)17/h7H,3-6,11H2,1-2H3,(H2,12,13,14,15). The summed E-state index contributed by atoms with van der Waals surface area (Å²) in [5.74, 6) is 7.32. The first kappa shape index (κ1) is 14.7. The van der Waals surface area contributed by atoms with E-state index in [9.17, 15) is 8.42 Å². The predicted octanol–water partition coefficient (Wildman–Crippen LogP) is 0.171. The summed E-state index contributed by atoms with van der Waals surface area (Å²) in [4.78, 5) is 8.42. The molecule has 18 heavy (non-hydrogen) atoms. The van der Waals surface area contributed by atoms with Crippen molar-refractivity contribution in [2.24, 2.45) is 5.84 Å². The van der Waals surface area contributed by atoms with Gasteiger partial charge in [-0.25, -0.2) is 24.2 Å². The maximum absolute atomic E-state index is 11.0. The molecule has 7 nitrogen and oxygen atoms in total. The molecule has 1 heterocycles. The van der Waals surface area contributed by atoms with Gasteiger partial charge in [-0.2, -0.15) is 0 Å². The molecule has 0 aliphatic rings. The van der Waals surface area contributed by atoms with Crippen LogP contribution in [0.15, 0.2) is 6.07 Å². The van der Waals surface area contributed by atoms with Crippen molar-refractivity contribution in [2.45, 2.75) is 19.8 Å². The summed E-state index contributed by atoms with van der Waals surface area (Å²) in [6.07, 6.45) is 2.46. The molecular weight excluding hydrogens is 254 g/mol. The first-order valence-electron chi connectivity index (χ1n) is 5.70. The van der Waals surface area contributed by atoms with E-state index in [2.05, 4.69) is 20.7 Å². The monoisotopic (exact) mass is 273 g/mol. The molecule has 0 aliphatic heterocycles. The number of aromatic nitrogens is 2. The first-order valence-corrected chi connectivity index (χ1v) is 7.77. The van der Waals surface area contributed by atoms with E-state index in [0.717, 1.165) is 0 Å². The number of rotatable bonds is 7. The molecule has 8 heteroatoms. The van der Waals surface area contributed by atoms with E-state index >= 15 is 0 Å². The Morgan fingerprint density at radius 1 is 1.33 bits per heavy atom. The second-order valence-corrected chi connectivity index (χ2v) is 6.22. The number of hydrogen-bond acceptors (Lipinski definition) is 7. The maximum Gasteiger partial charge on any atom is 0.147 e. The molecule has 1 aromatic rings. The van der Waals surface area contributed by atoms with Gasteiger partial charge in [-0.05, 0) is 6.42 Å². The van der Waals surface area contributed by atoms with Crippen LogP contribution >= 0.6 is 0 Å². The van der Waals surface area contributed by atoms with Gasteiger partial charge in [0.2, 0.25) is 0 Å². The van der Waals surface area contributed by atoms with Crippen LogP contribution in [0.1, 0.15) is 19.2 Å². The first-order chi connectivity index (χ1) is 8.44. The minimum Gasteiger partial charge on any atom is -0.370 e. The third-order valence-electron chi connectivity index (χ3n) is 2.23. The Bertz CT molecular complexity index is 467. The summed E-state index contributed by atoms with van der Waals surface area (Å²) in [5, 5.41) is 3.06. The van der Waals surface area contributed by atoms with Gasteiger partial charge in [0, 0.05) is 25.3 Å². The van der Waals surface area contributed by atoms with Crippen molar-refractivity contribution >= 4 is 21.5 Å². The Morgan fingerprint density at radius 3 is 2.56 bits per heavy atom. The van der Waals surface area contributed by atoms with Gasteiger partial charge in [0.05, 0.1) is 5.75 Å². The van der Waals surface area contributed by atoms with Crippen LogP contribution in [0.5, 0.6) is 0 Å². The number of sulfone groups is 1. The van der Waals surface area contributed by atoms with Gasteiger partial charge >= 0.3 is 0 Å². The summed E-state index contributed by atoms with van der Waals surface area (Å²) in [5.41, 5.74) is 2.47. The fraction of sp³-hybridized carbons (Fsp3) is 0.600. The molecule has 0 atom stereocenters. The molecule has 102 valence electrons. The number of nitrogens with zero attached hydrogens (tertiary/aromatic N) is 2. The van der Waals surface area contributed by atoms with E-state index < -0.39 is 9.84 Å². The highest BCUT2D eigenvalue weighted by molar-refractivity contribution is 7.90. The lowest BCUT2D eigenvalue weighted by Gasteiger charge is -2.08. The lowest BCUT2D eigenvalue weighted by Crippen LogP contribution is -2.14. The normalized spacial score (nSPS) is 11.3. The highest BCUT2D eigenvalue weighted by Gasteiger charge is 2.04. The molecule has 0 saturated heterocycles. The second kappa shape index (κ2) is 6.50. The third kappa shape index (κ3) is 5.28. The Balaban J connectivity index is 2.56. The van der Waals surface area contributed by atoms with Crippen molar-refractivity contribution in [1.82, 2.24) is 9.97 Å². The van der Waals surface area contributed by atoms with Gasteiger partial charge in [0.1, 0.15) is 27.3 Å². The molecule has 0 unspecified atom stereocenters. The van der Waals surface area contributed by atoms with Gasteiger partial charge in [0.15, 0.2) is 0 Å². The molecule has 0 saturated carbocycles. The fourth-order valence-corrected chi connectivity index (χ4v) is 2.04. The highest BCUT2D eigenvalue weighted by Crippen LogP contribution is 2.10. The average molecular weight is 273 g/mol. The molecule has 4 N–H and O–H groups in total. The van der Waals surface area contributed by atoms with Crippen molar-refractivity contribution in [3.63, 3.8) is 0 Å². The van der Waals surface area contributed by atoms with Gasteiger partial charge in [-0.15, -0.1) is 0 Å². The van der Waals surface area contributed by atoms with Crippen molar-refractivity contribution in [3.8, 4) is 0 Å². The fourth-order valence-electron chi connectivity index (χ4n) is 1.37. The topological polar surface area (TPSA) is 110 Å². The number of hydrogen-bond donors (Lipinski definition) is 3. The average Bonchev–Trinajstić information content (AvgIpc) is 2.33. The van der Waals surface area contributed by atoms with E-state index in [-0.39, 0.29) is 5.75 Å². The number of aryl methyl sites for hydroxylation is 1. The van der Waals surface area contributed by atoms with Crippen LogP contribution in [0, 0.1) is 0 Å². The smallest absolute Gasteiger partial charge is 0.147 e. The molecular formula is C10H19N5O2S. The zero-order chi connectivity index (χ0) is 13.6. The molecule has 0 spiro atoms. The van der Waals surface area contributed by atoms with Crippen molar-refractivity contribution in [1.29, 1.82) is 0 Å². The van der Waals surface area contributed by atoms with Crippen molar-refractivity contribution in [2.75, 3.05) is 29.3 Å². The van der Waals surface area contributed by atoms with Gasteiger partial charge < -0.3 is 10.7 Å². The summed E-state index contributed by atoms with van der Waals surface area (Å²) >= 11 is 0. The van der Waals surface area contributed by atoms with Crippen LogP contribution < -0.4 is 16.6 Å². The van der Waals surface area contributed by atoms with Crippen molar-refractivity contribution < 1.29 is 8.42 Å². The number of nitrogens with two attached hydrogens (primary N) is 1. The van der Waals surface area contributed by atoms with E-state index in [0.29, 0.717) is 36.8 Å². The van der Waals surface area contributed by atoms with Crippen LogP contribution in [0.2, 0.25) is 0 Å². The molecule has 0 aromatic carbocycles. The summed E-state index contributed by atoms with van der Waals surface area (Å²) in [7, 11) is -2.91. The zero-order valence-electron chi connectivity index (χ0n) is 10.6. The summed E-state index contributed by atoms with van der Waals surface area (Å²) in [6.45, 7) is 2.49. The predicted molar refractivity (Wildman–Crippen MR) is 72.0 cm³/mol. The maximum atomic E-state index is 11.0. The third-order valence-corrected chi connectivity index (χ3v) is 3.26. The van der Waals surface area contributed by atoms with Crippen LogP contribution in [0.25, 0.3) is 0 Å². The van der Waals surface area contributed by atoms with Gasteiger partial charge in [0.25, 0.3) is 0 Å².